The van der Waals surface area contributed by atoms with Crippen LogP contribution in [0.4, 0.5) is 16.2 Å². The minimum Gasteiger partial charge on any atom is -0.399 e. The second-order valence-electron chi connectivity index (χ2n) is 5.31. The summed E-state index contributed by atoms with van der Waals surface area (Å²) in [4.78, 5) is 16.5. The molecule has 3 N–H and O–H groups in total. The third kappa shape index (κ3) is 2.98. The normalized spacial score (nSPS) is 20.3. The molecular weight excluding hydrogens is 240 g/mol. The lowest BCUT2D eigenvalue weighted by molar-refractivity contribution is 0.142. The summed E-state index contributed by atoms with van der Waals surface area (Å²) in [6.45, 7) is 3.63. The number of amides is 2. The Hall–Kier alpha value is -1.75. The number of carbonyl (C=O) groups excluding carboxylic acids is 1. The van der Waals surface area contributed by atoms with Gasteiger partial charge in [0.15, 0.2) is 0 Å². The van der Waals surface area contributed by atoms with Gasteiger partial charge in [0.2, 0.25) is 0 Å². The summed E-state index contributed by atoms with van der Waals surface area (Å²) in [5.74, 6) is 0. The van der Waals surface area contributed by atoms with E-state index in [2.05, 4.69) is 10.2 Å². The third-order valence-corrected chi connectivity index (χ3v) is 3.83. The third-order valence-electron chi connectivity index (χ3n) is 3.83. The zero-order valence-corrected chi connectivity index (χ0v) is 11.0. The summed E-state index contributed by atoms with van der Waals surface area (Å²) in [5.41, 5.74) is 7.12. The first kappa shape index (κ1) is 12.3. The van der Waals surface area contributed by atoms with Crippen LogP contribution in [-0.4, -0.2) is 48.1 Å². The van der Waals surface area contributed by atoms with Crippen molar-refractivity contribution in [3.05, 3.63) is 24.3 Å². The molecule has 2 fully saturated rings. The van der Waals surface area contributed by atoms with Crippen LogP contribution in [0, 0.1) is 0 Å². The van der Waals surface area contributed by atoms with Crippen LogP contribution >= 0.6 is 0 Å². The molecule has 0 spiro atoms. The number of anilines is 2. The standard InChI is InChI=1S/C14H20N4O/c15-11-1-3-12(4-2-11)16-14(19)18-9-7-17(8-10-18)13-5-6-13/h1-4,13H,5-10,15H2,(H,16,19). The molecule has 19 heavy (non-hydrogen) atoms. The molecule has 0 atom stereocenters. The predicted molar refractivity (Wildman–Crippen MR) is 76.0 cm³/mol. The molecule has 3 rings (SSSR count). The summed E-state index contributed by atoms with van der Waals surface area (Å²) in [6.07, 6.45) is 2.66. The van der Waals surface area contributed by atoms with Crippen molar-refractivity contribution in [2.75, 3.05) is 37.2 Å². The smallest absolute Gasteiger partial charge is 0.321 e. The highest BCUT2D eigenvalue weighted by atomic mass is 16.2. The van der Waals surface area contributed by atoms with Crippen LogP contribution in [0.15, 0.2) is 24.3 Å². The summed E-state index contributed by atoms with van der Waals surface area (Å²) in [7, 11) is 0. The molecule has 1 saturated carbocycles. The zero-order valence-electron chi connectivity index (χ0n) is 11.0. The van der Waals surface area contributed by atoms with E-state index in [9.17, 15) is 4.79 Å². The fraction of sp³-hybridized carbons (Fsp3) is 0.500. The highest BCUT2D eigenvalue weighted by Crippen LogP contribution is 2.27. The van der Waals surface area contributed by atoms with Crippen molar-refractivity contribution in [3.8, 4) is 0 Å². The van der Waals surface area contributed by atoms with Crippen molar-refractivity contribution in [1.82, 2.24) is 9.80 Å². The van der Waals surface area contributed by atoms with Crippen LogP contribution in [0.3, 0.4) is 0 Å². The number of nitrogens with one attached hydrogen (secondary N) is 1. The number of benzene rings is 1. The maximum absolute atomic E-state index is 12.1. The molecule has 1 heterocycles. The molecule has 2 amide bonds. The van der Waals surface area contributed by atoms with Gasteiger partial charge in [-0.25, -0.2) is 4.79 Å². The molecule has 1 saturated heterocycles. The fourth-order valence-electron chi connectivity index (χ4n) is 2.50. The van der Waals surface area contributed by atoms with Crippen LogP contribution in [0.1, 0.15) is 12.8 Å². The number of hydrogen-bond donors (Lipinski definition) is 2. The van der Waals surface area contributed by atoms with Gasteiger partial charge >= 0.3 is 6.03 Å². The topological polar surface area (TPSA) is 61.6 Å². The predicted octanol–water partition coefficient (Wildman–Crippen LogP) is 1.58. The van der Waals surface area contributed by atoms with Gasteiger partial charge in [-0.05, 0) is 37.1 Å². The Morgan fingerprint density at radius 2 is 1.74 bits per heavy atom. The molecule has 1 aliphatic heterocycles. The van der Waals surface area contributed by atoms with Crippen LogP contribution in [0.25, 0.3) is 0 Å². The van der Waals surface area contributed by atoms with Gasteiger partial charge in [-0.15, -0.1) is 0 Å². The van der Waals surface area contributed by atoms with E-state index in [1.165, 1.54) is 12.8 Å². The number of nitrogens with two attached hydrogens (primary N) is 1. The van der Waals surface area contributed by atoms with Crippen molar-refractivity contribution in [3.63, 3.8) is 0 Å². The van der Waals surface area contributed by atoms with Gasteiger partial charge in [-0.3, -0.25) is 4.90 Å². The van der Waals surface area contributed by atoms with Crippen molar-refractivity contribution < 1.29 is 4.79 Å². The number of piperazine rings is 1. The maximum atomic E-state index is 12.1. The largest absolute Gasteiger partial charge is 0.399 e. The van der Waals surface area contributed by atoms with Gasteiger partial charge < -0.3 is 16.0 Å². The van der Waals surface area contributed by atoms with E-state index in [1.54, 1.807) is 12.1 Å². The Morgan fingerprint density at radius 1 is 1.11 bits per heavy atom. The van der Waals surface area contributed by atoms with E-state index in [-0.39, 0.29) is 6.03 Å². The molecule has 1 aliphatic carbocycles. The van der Waals surface area contributed by atoms with E-state index in [1.807, 2.05) is 17.0 Å². The van der Waals surface area contributed by atoms with Gasteiger partial charge in [-0.2, -0.15) is 0 Å². The zero-order chi connectivity index (χ0) is 13.2. The van der Waals surface area contributed by atoms with Gasteiger partial charge in [0.25, 0.3) is 0 Å². The Bertz CT molecular complexity index is 447. The van der Waals surface area contributed by atoms with Crippen molar-refractivity contribution in [1.29, 1.82) is 0 Å². The number of urea groups is 1. The Balaban J connectivity index is 1.51. The van der Waals surface area contributed by atoms with Crippen molar-refractivity contribution >= 4 is 17.4 Å². The number of nitrogens with zero attached hydrogens (tertiary/aromatic N) is 2. The van der Waals surface area contributed by atoms with Crippen LogP contribution in [0.2, 0.25) is 0 Å². The van der Waals surface area contributed by atoms with Crippen LogP contribution in [-0.2, 0) is 0 Å². The SMILES string of the molecule is Nc1ccc(NC(=O)N2CCN(C3CC3)CC2)cc1. The highest BCUT2D eigenvalue weighted by molar-refractivity contribution is 5.89. The van der Waals surface area contributed by atoms with E-state index in [4.69, 9.17) is 5.73 Å². The van der Waals surface area contributed by atoms with Crippen molar-refractivity contribution in [2.45, 2.75) is 18.9 Å². The molecule has 0 radical (unpaired) electrons. The van der Waals surface area contributed by atoms with Gasteiger partial charge in [0.1, 0.15) is 0 Å². The average molecular weight is 260 g/mol. The summed E-state index contributed by atoms with van der Waals surface area (Å²) < 4.78 is 0. The van der Waals surface area contributed by atoms with Gasteiger partial charge in [0, 0.05) is 43.6 Å². The van der Waals surface area contributed by atoms with Crippen molar-refractivity contribution in [2.24, 2.45) is 0 Å². The fourth-order valence-corrected chi connectivity index (χ4v) is 2.50. The highest BCUT2D eigenvalue weighted by Gasteiger charge is 2.32. The minimum absolute atomic E-state index is 0.0137. The molecule has 102 valence electrons. The lowest BCUT2D eigenvalue weighted by Gasteiger charge is -2.34. The second kappa shape index (κ2) is 5.09. The summed E-state index contributed by atoms with van der Waals surface area (Å²) >= 11 is 0. The number of hydrogen-bond acceptors (Lipinski definition) is 3. The van der Waals surface area contributed by atoms with Gasteiger partial charge in [0.05, 0.1) is 0 Å². The molecule has 0 aromatic heterocycles. The first-order chi connectivity index (χ1) is 9.22. The average Bonchev–Trinajstić information content (AvgIpc) is 3.26. The minimum atomic E-state index is -0.0137. The van der Waals surface area contributed by atoms with E-state index >= 15 is 0 Å². The molecule has 1 aromatic carbocycles. The number of rotatable bonds is 2. The quantitative estimate of drug-likeness (QED) is 0.794. The van der Waals surface area contributed by atoms with Crippen LogP contribution < -0.4 is 11.1 Å². The molecule has 5 nitrogen and oxygen atoms in total. The lowest BCUT2D eigenvalue weighted by Crippen LogP contribution is -2.50. The Kier molecular flexibility index (Phi) is 3.29. The molecule has 1 aromatic rings. The molecule has 5 heteroatoms. The van der Waals surface area contributed by atoms with E-state index < -0.39 is 0 Å². The summed E-state index contributed by atoms with van der Waals surface area (Å²) in [6, 6.07) is 8.02. The van der Waals surface area contributed by atoms with Crippen LogP contribution in [0.5, 0.6) is 0 Å². The maximum Gasteiger partial charge on any atom is 0.321 e. The summed E-state index contributed by atoms with van der Waals surface area (Å²) in [5, 5.41) is 2.91. The first-order valence-electron chi connectivity index (χ1n) is 6.88. The Morgan fingerprint density at radius 3 is 2.32 bits per heavy atom. The molecule has 2 aliphatic rings. The molecular formula is C14H20N4O. The second-order valence-corrected chi connectivity index (χ2v) is 5.31. The molecule has 0 unspecified atom stereocenters. The lowest BCUT2D eigenvalue weighted by atomic mass is 10.3. The first-order valence-corrected chi connectivity index (χ1v) is 6.88. The molecule has 0 bridgehead atoms. The van der Waals surface area contributed by atoms with Gasteiger partial charge in [-0.1, -0.05) is 0 Å². The van der Waals surface area contributed by atoms with E-state index in [0.717, 1.165) is 37.9 Å². The Labute approximate surface area is 113 Å². The number of nitrogen functional groups attached to an aromatic ring is 1. The monoisotopic (exact) mass is 260 g/mol. The van der Waals surface area contributed by atoms with E-state index in [0.29, 0.717) is 5.69 Å². The number of carbonyl (C=O) groups is 1.